The van der Waals surface area contributed by atoms with Crippen LogP contribution in [0.1, 0.15) is 18.4 Å². The molecule has 0 bridgehead atoms. The number of aromatic hydroxyl groups is 1. The van der Waals surface area contributed by atoms with E-state index in [0.29, 0.717) is 18.4 Å². The van der Waals surface area contributed by atoms with Gasteiger partial charge in [0.05, 0.1) is 7.11 Å². The SMILES string of the molecule is COc1ccc(CCCC(=O)O)c(O)c1F. The fourth-order valence-electron chi connectivity index (χ4n) is 1.38. The third-order valence-corrected chi connectivity index (χ3v) is 2.22. The highest BCUT2D eigenvalue weighted by Gasteiger charge is 2.12. The van der Waals surface area contributed by atoms with Gasteiger partial charge in [-0.05, 0) is 24.5 Å². The van der Waals surface area contributed by atoms with E-state index in [1.54, 1.807) is 0 Å². The highest BCUT2D eigenvalue weighted by Crippen LogP contribution is 2.30. The number of phenolic OH excluding ortho intramolecular Hbond substituents is 1. The molecule has 0 aliphatic carbocycles. The van der Waals surface area contributed by atoms with E-state index >= 15 is 0 Å². The number of halogens is 1. The highest BCUT2D eigenvalue weighted by molar-refractivity contribution is 5.66. The number of phenols is 1. The maximum Gasteiger partial charge on any atom is 0.303 e. The second-order valence-corrected chi connectivity index (χ2v) is 3.34. The predicted octanol–water partition coefficient (Wildman–Crippen LogP) is 1.95. The van der Waals surface area contributed by atoms with Crippen LogP contribution in [0.4, 0.5) is 4.39 Å². The van der Waals surface area contributed by atoms with Crippen LogP contribution in [0.25, 0.3) is 0 Å². The van der Waals surface area contributed by atoms with Gasteiger partial charge in [0.15, 0.2) is 11.5 Å². The quantitative estimate of drug-likeness (QED) is 0.808. The van der Waals surface area contributed by atoms with E-state index in [9.17, 15) is 14.3 Å². The molecule has 0 fully saturated rings. The summed E-state index contributed by atoms with van der Waals surface area (Å²) in [5, 5.41) is 17.9. The number of ether oxygens (including phenoxy) is 1. The van der Waals surface area contributed by atoms with Crippen molar-refractivity contribution >= 4 is 5.97 Å². The lowest BCUT2D eigenvalue weighted by Crippen LogP contribution is -1.97. The minimum Gasteiger partial charge on any atom is -0.505 e. The second kappa shape index (κ2) is 5.34. The molecule has 1 aromatic carbocycles. The molecule has 0 amide bonds. The zero-order chi connectivity index (χ0) is 12.1. The Kier molecular flexibility index (Phi) is 4.10. The number of aliphatic carboxylic acids is 1. The molecule has 0 saturated heterocycles. The Morgan fingerprint density at radius 3 is 2.75 bits per heavy atom. The smallest absolute Gasteiger partial charge is 0.303 e. The molecule has 88 valence electrons. The average Bonchev–Trinajstić information content (AvgIpc) is 2.24. The summed E-state index contributed by atoms with van der Waals surface area (Å²) in [6.45, 7) is 0. The first-order chi connectivity index (χ1) is 7.56. The van der Waals surface area contributed by atoms with Crippen molar-refractivity contribution in [2.24, 2.45) is 0 Å². The molecular formula is C11H13FO4. The molecule has 0 radical (unpaired) electrons. The summed E-state index contributed by atoms with van der Waals surface area (Å²) in [5.41, 5.74) is 0.388. The van der Waals surface area contributed by atoms with Crippen molar-refractivity contribution in [3.05, 3.63) is 23.5 Å². The van der Waals surface area contributed by atoms with Crippen molar-refractivity contribution in [3.8, 4) is 11.5 Å². The molecule has 0 saturated carbocycles. The van der Waals surface area contributed by atoms with Gasteiger partial charge in [0.25, 0.3) is 0 Å². The van der Waals surface area contributed by atoms with Gasteiger partial charge in [0.1, 0.15) is 0 Å². The highest BCUT2D eigenvalue weighted by atomic mass is 19.1. The van der Waals surface area contributed by atoms with Crippen LogP contribution in [0, 0.1) is 5.82 Å². The standard InChI is InChI=1S/C11H13FO4/c1-16-8-6-5-7(11(15)10(8)12)3-2-4-9(13)14/h5-6,15H,2-4H2,1H3,(H,13,14). The number of methoxy groups -OCH3 is 1. The molecule has 5 heteroatoms. The molecule has 1 aromatic rings. The molecule has 0 aliphatic heterocycles. The van der Waals surface area contributed by atoms with E-state index in [-0.39, 0.29) is 12.2 Å². The summed E-state index contributed by atoms with van der Waals surface area (Å²) in [5.74, 6) is -2.21. The predicted molar refractivity (Wildman–Crippen MR) is 55.2 cm³/mol. The lowest BCUT2D eigenvalue weighted by molar-refractivity contribution is -0.137. The van der Waals surface area contributed by atoms with Crippen LogP contribution in [0.3, 0.4) is 0 Å². The van der Waals surface area contributed by atoms with Crippen LogP contribution in [-0.4, -0.2) is 23.3 Å². The van der Waals surface area contributed by atoms with Gasteiger partial charge < -0.3 is 14.9 Å². The molecule has 0 aromatic heterocycles. The van der Waals surface area contributed by atoms with Gasteiger partial charge >= 0.3 is 5.97 Å². The molecule has 0 unspecified atom stereocenters. The molecule has 0 heterocycles. The summed E-state index contributed by atoms with van der Waals surface area (Å²) >= 11 is 0. The van der Waals surface area contributed by atoms with Crippen LogP contribution >= 0.6 is 0 Å². The summed E-state index contributed by atoms with van der Waals surface area (Å²) < 4.78 is 18.1. The molecule has 16 heavy (non-hydrogen) atoms. The Balaban J connectivity index is 2.74. The molecule has 0 aliphatic rings. The van der Waals surface area contributed by atoms with Gasteiger partial charge in [0, 0.05) is 6.42 Å². The monoisotopic (exact) mass is 228 g/mol. The van der Waals surface area contributed by atoms with E-state index < -0.39 is 17.5 Å². The van der Waals surface area contributed by atoms with Gasteiger partial charge in [-0.15, -0.1) is 0 Å². The van der Waals surface area contributed by atoms with Crippen LogP contribution in [-0.2, 0) is 11.2 Å². The molecule has 1 rings (SSSR count). The van der Waals surface area contributed by atoms with Crippen LogP contribution in [0.15, 0.2) is 12.1 Å². The maximum atomic E-state index is 13.4. The fraction of sp³-hybridized carbons (Fsp3) is 0.364. The Bertz CT molecular complexity index is 390. The van der Waals surface area contributed by atoms with Crippen LogP contribution < -0.4 is 4.74 Å². The zero-order valence-corrected chi connectivity index (χ0v) is 8.86. The minimum absolute atomic E-state index is 0.00686. The topological polar surface area (TPSA) is 66.8 Å². The third kappa shape index (κ3) is 2.85. The first-order valence-electron chi connectivity index (χ1n) is 4.82. The first-order valence-corrected chi connectivity index (χ1v) is 4.82. The number of carboxylic acids is 1. The summed E-state index contributed by atoms with van der Waals surface area (Å²) in [7, 11) is 1.31. The van der Waals surface area contributed by atoms with Crippen LogP contribution in [0.5, 0.6) is 11.5 Å². The third-order valence-electron chi connectivity index (χ3n) is 2.22. The van der Waals surface area contributed by atoms with Crippen molar-refractivity contribution in [1.29, 1.82) is 0 Å². The Morgan fingerprint density at radius 1 is 1.50 bits per heavy atom. The second-order valence-electron chi connectivity index (χ2n) is 3.34. The van der Waals surface area contributed by atoms with E-state index in [1.165, 1.54) is 19.2 Å². The number of carboxylic acid groups (broad SMARTS) is 1. The van der Waals surface area contributed by atoms with Gasteiger partial charge in [-0.25, -0.2) is 0 Å². The largest absolute Gasteiger partial charge is 0.505 e. The first kappa shape index (κ1) is 12.3. The van der Waals surface area contributed by atoms with Gasteiger partial charge in [-0.1, -0.05) is 6.07 Å². The number of rotatable bonds is 5. The number of carbonyl (C=O) groups is 1. The average molecular weight is 228 g/mol. The van der Waals surface area contributed by atoms with E-state index in [0.717, 1.165) is 0 Å². The van der Waals surface area contributed by atoms with Crippen molar-refractivity contribution in [2.45, 2.75) is 19.3 Å². The van der Waals surface area contributed by atoms with Crippen molar-refractivity contribution < 1.29 is 24.1 Å². The van der Waals surface area contributed by atoms with Gasteiger partial charge in [0.2, 0.25) is 5.82 Å². The summed E-state index contributed by atoms with van der Waals surface area (Å²) in [6, 6.07) is 2.93. The van der Waals surface area contributed by atoms with Crippen LogP contribution in [0.2, 0.25) is 0 Å². The number of benzene rings is 1. The summed E-state index contributed by atoms with van der Waals surface area (Å²) in [4.78, 5) is 10.3. The Labute approximate surface area is 92.3 Å². The van der Waals surface area contributed by atoms with E-state index in [1.807, 2.05) is 0 Å². The van der Waals surface area contributed by atoms with Crippen molar-refractivity contribution in [1.82, 2.24) is 0 Å². The van der Waals surface area contributed by atoms with E-state index in [4.69, 9.17) is 9.84 Å². The van der Waals surface area contributed by atoms with E-state index in [2.05, 4.69) is 0 Å². The molecule has 2 N–H and O–H groups in total. The minimum atomic E-state index is -0.909. The normalized spacial score (nSPS) is 10.1. The number of aryl methyl sites for hydroxylation is 1. The van der Waals surface area contributed by atoms with Gasteiger partial charge in [-0.3, -0.25) is 4.79 Å². The maximum absolute atomic E-state index is 13.4. The Hall–Kier alpha value is -1.78. The van der Waals surface area contributed by atoms with Gasteiger partial charge in [-0.2, -0.15) is 4.39 Å². The van der Waals surface area contributed by atoms with Crippen molar-refractivity contribution in [2.75, 3.05) is 7.11 Å². The fourth-order valence-corrected chi connectivity index (χ4v) is 1.38. The molecular weight excluding hydrogens is 215 g/mol. The number of hydrogen-bond acceptors (Lipinski definition) is 3. The molecule has 0 atom stereocenters. The summed E-state index contributed by atoms with van der Waals surface area (Å²) in [6.07, 6.45) is 0.667. The Morgan fingerprint density at radius 2 is 2.19 bits per heavy atom. The number of hydrogen-bond donors (Lipinski definition) is 2. The lowest BCUT2D eigenvalue weighted by atomic mass is 10.1. The zero-order valence-electron chi connectivity index (χ0n) is 8.86. The van der Waals surface area contributed by atoms with Crippen molar-refractivity contribution in [3.63, 3.8) is 0 Å². The molecule has 0 spiro atoms. The lowest BCUT2D eigenvalue weighted by Gasteiger charge is -2.08. The molecule has 4 nitrogen and oxygen atoms in total.